The van der Waals surface area contributed by atoms with Crippen LogP contribution in [0.3, 0.4) is 0 Å². The molecule has 2 saturated carbocycles. The summed E-state index contributed by atoms with van der Waals surface area (Å²) in [6.07, 6.45) is 5.86. The highest BCUT2D eigenvalue weighted by Crippen LogP contribution is 2.33. The first-order chi connectivity index (χ1) is 4.86. The van der Waals surface area contributed by atoms with Crippen LogP contribution in [0.5, 0.6) is 0 Å². The molecule has 0 spiro atoms. The van der Waals surface area contributed by atoms with Crippen LogP contribution in [0, 0.1) is 11.8 Å². The summed E-state index contributed by atoms with van der Waals surface area (Å²) in [7, 11) is 0. The number of rotatable bonds is 4. The molecule has 2 aliphatic rings. The summed E-state index contributed by atoms with van der Waals surface area (Å²) in [4.78, 5) is 0. The molecule has 1 nitrogen and oxygen atoms in total. The number of hydrogen-bond donors (Lipinski definition) is 1. The molecule has 0 amide bonds. The van der Waals surface area contributed by atoms with Gasteiger partial charge >= 0.3 is 0 Å². The first-order valence-corrected chi connectivity index (χ1v) is 4.59. The van der Waals surface area contributed by atoms with Crippen LogP contribution in [-0.2, 0) is 0 Å². The SMILES string of the molecule is CC1CC1NCCC1CC1. The molecule has 0 aromatic rings. The minimum Gasteiger partial charge on any atom is -0.314 e. The van der Waals surface area contributed by atoms with Gasteiger partial charge < -0.3 is 5.32 Å². The third-order valence-electron chi connectivity index (χ3n) is 2.77. The summed E-state index contributed by atoms with van der Waals surface area (Å²) < 4.78 is 0. The Labute approximate surface area is 63.2 Å². The molecule has 2 atom stereocenters. The average molecular weight is 139 g/mol. The van der Waals surface area contributed by atoms with Gasteiger partial charge in [-0.25, -0.2) is 0 Å². The van der Waals surface area contributed by atoms with E-state index in [1.807, 2.05) is 0 Å². The van der Waals surface area contributed by atoms with Crippen molar-refractivity contribution in [2.24, 2.45) is 11.8 Å². The van der Waals surface area contributed by atoms with E-state index in [1.165, 1.54) is 32.2 Å². The molecule has 0 saturated heterocycles. The Kier molecular flexibility index (Phi) is 1.69. The Balaban J connectivity index is 1.48. The first-order valence-electron chi connectivity index (χ1n) is 4.59. The van der Waals surface area contributed by atoms with Crippen LogP contribution >= 0.6 is 0 Å². The molecule has 0 aromatic carbocycles. The lowest BCUT2D eigenvalue weighted by Gasteiger charge is -2.00. The van der Waals surface area contributed by atoms with Crippen molar-refractivity contribution < 1.29 is 0 Å². The highest BCUT2D eigenvalue weighted by atomic mass is 15.0. The molecule has 0 aromatic heterocycles. The van der Waals surface area contributed by atoms with E-state index in [0.29, 0.717) is 0 Å². The molecule has 2 rings (SSSR count). The molecule has 0 aliphatic heterocycles. The van der Waals surface area contributed by atoms with Crippen molar-refractivity contribution in [1.82, 2.24) is 5.32 Å². The predicted octanol–water partition coefficient (Wildman–Crippen LogP) is 1.78. The van der Waals surface area contributed by atoms with Gasteiger partial charge in [0, 0.05) is 6.04 Å². The van der Waals surface area contributed by atoms with Crippen molar-refractivity contribution in [3.63, 3.8) is 0 Å². The maximum atomic E-state index is 3.58. The van der Waals surface area contributed by atoms with Crippen LogP contribution in [0.1, 0.15) is 32.6 Å². The van der Waals surface area contributed by atoms with Gasteiger partial charge in [0.05, 0.1) is 0 Å². The van der Waals surface area contributed by atoms with E-state index >= 15 is 0 Å². The fourth-order valence-electron chi connectivity index (χ4n) is 1.49. The van der Waals surface area contributed by atoms with Gasteiger partial charge in [0.1, 0.15) is 0 Å². The Morgan fingerprint density at radius 2 is 2.10 bits per heavy atom. The summed E-state index contributed by atoms with van der Waals surface area (Å²) in [6, 6.07) is 0.888. The Morgan fingerprint density at radius 1 is 1.40 bits per heavy atom. The molecule has 1 heteroatoms. The lowest BCUT2D eigenvalue weighted by molar-refractivity contribution is 0.592. The third-order valence-corrected chi connectivity index (χ3v) is 2.77. The van der Waals surface area contributed by atoms with Crippen LogP contribution in [0.25, 0.3) is 0 Å². The van der Waals surface area contributed by atoms with Gasteiger partial charge in [0.2, 0.25) is 0 Å². The van der Waals surface area contributed by atoms with Gasteiger partial charge in [-0.15, -0.1) is 0 Å². The monoisotopic (exact) mass is 139 g/mol. The van der Waals surface area contributed by atoms with Crippen LogP contribution in [0.4, 0.5) is 0 Å². The van der Waals surface area contributed by atoms with E-state index in [0.717, 1.165) is 17.9 Å². The molecule has 10 heavy (non-hydrogen) atoms. The molecular weight excluding hydrogens is 122 g/mol. The van der Waals surface area contributed by atoms with E-state index in [1.54, 1.807) is 0 Å². The molecule has 0 radical (unpaired) electrons. The zero-order valence-corrected chi connectivity index (χ0v) is 6.77. The van der Waals surface area contributed by atoms with Gasteiger partial charge in [-0.1, -0.05) is 19.8 Å². The summed E-state index contributed by atoms with van der Waals surface area (Å²) in [6.45, 7) is 3.61. The normalized spacial score (nSPS) is 38.1. The maximum absolute atomic E-state index is 3.58. The minimum absolute atomic E-state index is 0.888. The first kappa shape index (κ1) is 6.66. The van der Waals surface area contributed by atoms with Crippen molar-refractivity contribution >= 4 is 0 Å². The number of hydrogen-bond acceptors (Lipinski definition) is 1. The second-order valence-corrected chi connectivity index (χ2v) is 4.01. The van der Waals surface area contributed by atoms with Crippen LogP contribution < -0.4 is 5.32 Å². The zero-order valence-electron chi connectivity index (χ0n) is 6.77. The Bertz CT molecular complexity index is 118. The van der Waals surface area contributed by atoms with Crippen molar-refractivity contribution in [1.29, 1.82) is 0 Å². The molecule has 2 aliphatic carbocycles. The van der Waals surface area contributed by atoms with Crippen molar-refractivity contribution in [2.45, 2.75) is 38.6 Å². The Hall–Kier alpha value is -0.0400. The van der Waals surface area contributed by atoms with E-state index in [-0.39, 0.29) is 0 Å². The summed E-state index contributed by atoms with van der Waals surface area (Å²) in [5.41, 5.74) is 0. The second-order valence-electron chi connectivity index (χ2n) is 4.01. The second kappa shape index (κ2) is 2.54. The predicted molar refractivity (Wildman–Crippen MR) is 42.9 cm³/mol. The van der Waals surface area contributed by atoms with Crippen molar-refractivity contribution in [3.8, 4) is 0 Å². The van der Waals surface area contributed by atoms with Crippen LogP contribution in [0.2, 0.25) is 0 Å². The standard InChI is InChI=1S/C9H17N/c1-7-6-9(7)10-5-4-8-2-3-8/h7-10H,2-6H2,1H3. The van der Waals surface area contributed by atoms with Gasteiger partial charge in [0.15, 0.2) is 0 Å². The molecule has 2 unspecified atom stereocenters. The topological polar surface area (TPSA) is 12.0 Å². The fourth-order valence-corrected chi connectivity index (χ4v) is 1.49. The van der Waals surface area contributed by atoms with Gasteiger partial charge in [0.25, 0.3) is 0 Å². The summed E-state index contributed by atoms with van der Waals surface area (Å²) in [5, 5.41) is 3.58. The summed E-state index contributed by atoms with van der Waals surface area (Å²) >= 11 is 0. The van der Waals surface area contributed by atoms with Gasteiger partial charge in [-0.05, 0) is 31.2 Å². The lowest BCUT2D eigenvalue weighted by atomic mass is 10.3. The molecule has 0 heterocycles. The lowest BCUT2D eigenvalue weighted by Crippen LogP contribution is -2.19. The molecular formula is C9H17N. The third kappa shape index (κ3) is 1.72. The fraction of sp³-hybridized carbons (Fsp3) is 1.00. The van der Waals surface area contributed by atoms with Crippen molar-refractivity contribution in [3.05, 3.63) is 0 Å². The highest BCUT2D eigenvalue weighted by Gasteiger charge is 2.32. The number of nitrogens with one attached hydrogen (secondary N) is 1. The van der Waals surface area contributed by atoms with Crippen LogP contribution in [0.15, 0.2) is 0 Å². The van der Waals surface area contributed by atoms with Crippen LogP contribution in [-0.4, -0.2) is 12.6 Å². The summed E-state index contributed by atoms with van der Waals surface area (Å²) in [5.74, 6) is 2.07. The Morgan fingerprint density at radius 3 is 2.60 bits per heavy atom. The minimum atomic E-state index is 0.888. The smallest absolute Gasteiger partial charge is 0.00963 e. The van der Waals surface area contributed by atoms with Gasteiger partial charge in [-0.2, -0.15) is 0 Å². The van der Waals surface area contributed by atoms with E-state index in [2.05, 4.69) is 12.2 Å². The van der Waals surface area contributed by atoms with Gasteiger partial charge in [-0.3, -0.25) is 0 Å². The molecule has 58 valence electrons. The zero-order chi connectivity index (χ0) is 6.97. The van der Waals surface area contributed by atoms with Crippen molar-refractivity contribution in [2.75, 3.05) is 6.54 Å². The van der Waals surface area contributed by atoms with E-state index in [4.69, 9.17) is 0 Å². The largest absolute Gasteiger partial charge is 0.314 e. The quantitative estimate of drug-likeness (QED) is 0.626. The van der Waals surface area contributed by atoms with E-state index < -0.39 is 0 Å². The molecule has 1 N–H and O–H groups in total. The van der Waals surface area contributed by atoms with E-state index in [9.17, 15) is 0 Å². The molecule has 2 fully saturated rings. The highest BCUT2D eigenvalue weighted by molar-refractivity contribution is 4.89. The maximum Gasteiger partial charge on any atom is 0.00963 e. The average Bonchev–Trinajstić information content (AvgIpc) is 2.73. The molecule has 0 bridgehead atoms.